The fourth-order valence-corrected chi connectivity index (χ4v) is 3.13. The van der Waals surface area contributed by atoms with Gasteiger partial charge < -0.3 is 14.9 Å². The van der Waals surface area contributed by atoms with Crippen LogP contribution in [0.3, 0.4) is 0 Å². The molecule has 1 aliphatic rings. The van der Waals surface area contributed by atoms with Gasteiger partial charge in [0.05, 0.1) is 23.9 Å². The molecule has 1 aromatic heterocycles. The summed E-state index contributed by atoms with van der Waals surface area (Å²) in [6, 6.07) is 0. The number of aliphatic hydroxyl groups is 1. The summed E-state index contributed by atoms with van der Waals surface area (Å²) < 4.78 is 1.81. The average molecular weight is 308 g/mol. The van der Waals surface area contributed by atoms with Crippen LogP contribution in [0.1, 0.15) is 37.0 Å². The predicted octanol–water partition coefficient (Wildman–Crippen LogP) is 1.07. The van der Waals surface area contributed by atoms with E-state index in [-0.39, 0.29) is 5.91 Å². The fraction of sp³-hybridized carbons (Fsp3) is 0.750. The lowest BCUT2D eigenvalue weighted by Gasteiger charge is -2.40. The van der Waals surface area contributed by atoms with Crippen LogP contribution in [0.2, 0.25) is 0 Å². The molecule has 0 spiro atoms. The molecular formula is C16H28N4O2. The molecule has 1 N–H and O–H groups in total. The first-order chi connectivity index (χ1) is 10.3. The van der Waals surface area contributed by atoms with E-state index in [1.54, 1.807) is 11.1 Å². The molecule has 1 atom stereocenters. The second-order valence-corrected chi connectivity index (χ2v) is 7.14. The number of piperidine rings is 1. The summed E-state index contributed by atoms with van der Waals surface area (Å²) in [7, 11) is 3.88. The molecule has 1 aromatic rings. The topological polar surface area (TPSA) is 61.6 Å². The van der Waals surface area contributed by atoms with Crippen LogP contribution >= 0.6 is 0 Å². The van der Waals surface area contributed by atoms with E-state index >= 15 is 0 Å². The van der Waals surface area contributed by atoms with Gasteiger partial charge in [0.1, 0.15) is 0 Å². The lowest BCUT2D eigenvalue weighted by atomic mass is 9.92. The first-order valence-electron chi connectivity index (χ1n) is 7.98. The standard InChI is InChI=1S/C16H28N4O2/c1-13(2)9-20-10-14(8-17-20)15(21)19-7-5-6-16(22,12-19)11-18(3)4/h8,10,13,22H,5-7,9,11-12H2,1-4H3. The van der Waals surface area contributed by atoms with E-state index in [9.17, 15) is 9.90 Å². The third-order valence-corrected chi connectivity index (χ3v) is 3.89. The summed E-state index contributed by atoms with van der Waals surface area (Å²) in [5, 5.41) is 14.9. The van der Waals surface area contributed by atoms with E-state index in [2.05, 4.69) is 18.9 Å². The third kappa shape index (κ3) is 4.30. The smallest absolute Gasteiger partial charge is 0.257 e. The minimum absolute atomic E-state index is 0.0353. The summed E-state index contributed by atoms with van der Waals surface area (Å²) in [6.45, 7) is 6.70. The number of β-amino-alcohol motifs (C(OH)–C–C–N with tert-alkyl or cyclic N) is 1. The minimum Gasteiger partial charge on any atom is -0.387 e. The van der Waals surface area contributed by atoms with Crippen LogP contribution in [0.4, 0.5) is 0 Å². The maximum absolute atomic E-state index is 12.6. The molecule has 1 unspecified atom stereocenters. The van der Waals surface area contributed by atoms with Crippen molar-refractivity contribution in [3.8, 4) is 0 Å². The molecule has 0 aromatic carbocycles. The Morgan fingerprint density at radius 2 is 2.23 bits per heavy atom. The number of carbonyl (C=O) groups excluding carboxylic acids is 1. The number of hydrogen-bond donors (Lipinski definition) is 1. The number of likely N-dealkylation sites (N-methyl/N-ethyl adjacent to an activating group) is 1. The molecule has 0 saturated carbocycles. The van der Waals surface area contributed by atoms with Gasteiger partial charge >= 0.3 is 0 Å². The Bertz CT molecular complexity index is 512. The van der Waals surface area contributed by atoms with Crippen LogP contribution in [0.25, 0.3) is 0 Å². The van der Waals surface area contributed by atoms with Crippen LogP contribution in [-0.4, -0.2) is 69.9 Å². The first-order valence-corrected chi connectivity index (χ1v) is 7.98. The highest BCUT2D eigenvalue weighted by Crippen LogP contribution is 2.23. The number of amides is 1. The van der Waals surface area contributed by atoms with Gasteiger partial charge in [0.15, 0.2) is 0 Å². The zero-order valence-corrected chi connectivity index (χ0v) is 14.1. The Hall–Kier alpha value is -1.40. The van der Waals surface area contributed by atoms with Gasteiger partial charge in [0.2, 0.25) is 0 Å². The quantitative estimate of drug-likeness (QED) is 0.884. The van der Waals surface area contributed by atoms with Crippen LogP contribution in [0, 0.1) is 5.92 Å². The van der Waals surface area contributed by atoms with Crippen molar-refractivity contribution in [3.05, 3.63) is 18.0 Å². The minimum atomic E-state index is -0.814. The molecule has 6 heteroatoms. The molecule has 1 amide bonds. The Kier molecular flexibility index (Phi) is 5.24. The monoisotopic (exact) mass is 308 g/mol. The highest BCUT2D eigenvalue weighted by atomic mass is 16.3. The van der Waals surface area contributed by atoms with Crippen molar-refractivity contribution in [2.45, 2.75) is 38.8 Å². The average Bonchev–Trinajstić information content (AvgIpc) is 2.84. The van der Waals surface area contributed by atoms with E-state index in [1.807, 2.05) is 29.9 Å². The number of nitrogens with zero attached hydrogens (tertiary/aromatic N) is 4. The van der Waals surface area contributed by atoms with Gasteiger partial charge in [-0.1, -0.05) is 13.8 Å². The van der Waals surface area contributed by atoms with Crippen molar-refractivity contribution in [1.82, 2.24) is 19.6 Å². The number of likely N-dealkylation sites (tertiary alicyclic amines) is 1. The highest BCUT2D eigenvalue weighted by Gasteiger charge is 2.36. The van der Waals surface area contributed by atoms with Crippen LogP contribution < -0.4 is 0 Å². The number of hydrogen-bond acceptors (Lipinski definition) is 4. The zero-order valence-electron chi connectivity index (χ0n) is 14.1. The fourth-order valence-electron chi connectivity index (χ4n) is 3.13. The summed E-state index contributed by atoms with van der Waals surface area (Å²) >= 11 is 0. The molecule has 124 valence electrons. The van der Waals surface area contributed by atoms with Crippen LogP contribution in [0.5, 0.6) is 0 Å². The molecule has 6 nitrogen and oxygen atoms in total. The molecule has 0 bridgehead atoms. The first kappa shape index (κ1) is 17.0. The van der Waals surface area contributed by atoms with Gasteiger partial charge in [-0.05, 0) is 32.9 Å². The normalized spacial score (nSPS) is 22.6. The van der Waals surface area contributed by atoms with Crippen molar-refractivity contribution in [1.29, 1.82) is 0 Å². The second-order valence-electron chi connectivity index (χ2n) is 7.14. The van der Waals surface area contributed by atoms with Gasteiger partial charge in [-0.2, -0.15) is 5.10 Å². The van der Waals surface area contributed by atoms with Gasteiger partial charge in [0.25, 0.3) is 5.91 Å². The zero-order chi connectivity index (χ0) is 16.3. The van der Waals surface area contributed by atoms with Crippen molar-refractivity contribution in [2.24, 2.45) is 5.92 Å². The maximum atomic E-state index is 12.6. The largest absolute Gasteiger partial charge is 0.387 e. The lowest BCUT2D eigenvalue weighted by molar-refractivity contribution is -0.0391. The summed E-state index contributed by atoms with van der Waals surface area (Å²) in [5.74, 6) is 0.454. The van der Waals surface area contributed by atoms with E-state index in [0.29, 0.717) is 31.1 Å². The molecule has 0 radical (unpaired) electrons. The Morgan fingerprint density at radius 1 is 1.50 bits per heavy atom. The van der Waals surface area contributed by atoms with E-state index in [0.717, 1.165) is 19.4 Å². The molecule has 1 saturated heterocycles. The number of rotatable bonds is 5. The predicted molar refractivity (Wildman–Crippen MR) is 85.7 cm³/mol. The summed E-state index contributed by atoms with van der Waals surface area (Å²) in [5.41, 5.74) is -0.208. The number of aromatic nitrogens is 2. The van der Waals surface area contributed by atoms with Gasteiger partial charge in [-0.25, -0.2) is 0 Å². The molecule has 0 aliphatic carbocycles. The van der Waals surface area contributed by atoms with Gasteiger partial charge in [0, 0.05) is 25.8 Å². The molecule has 2 heterocycles. The molecule has 1 aliphatic heterocycles. The molecular weight excluding hydrogens is 280 g/mol. The Labute approximate surface area is 132 Å². The summed E-state index contributed by atoms with van der Waals surface area (Å²) in [6.07, 6.45) is 5.00. The van der Waals surface area contributed by atoms with Crippen molar-refractivity contribution < 1.29 is 9.90 Å². The SMILES string of the molecule is CC(C)Cn1cc(C(=O)N2CCCC(O)(CN(C)C)C2)cn1. The Balaban J connectivity index is 2.04. The van der Waals surface area contributed by atoms with Crippen molar-refractivity contribution in [2.75, 3.05) is 33.7 Å². The highest BCUT2D eigenvalue weighted by molar-refractivity contribution is 5.93. The maximum Gasteiger partial charge on any atom is 0.257 e. The second kappa shape index (κ2) is 6.79. The Morgan fingerprint density at radius 3 is 2.86 bits per heavy atom. The van der Waals surface area contributed by atoms with Gasteiger partial charge in [-0.15, -0.1) is 0 Å². The van der Waals surface area contributed by atoms with Gasteiger partial charge in [-0.3, -0.25) is 9.48 Å². The van der Waals surface area contributed by atoms with Crippen molar-refractivity contribution in [3.63, 3.8) is 0 Å². The van der Waals surface area contributed by atoms with E-state index in [4.69, 9.17) is 0 Å². The molecule has 2 rings (SSSR count). The van der Waals surface area contributed by atoms with Crippen LogP contribution in [-0.2, 0) is 6.54 Å². The van der Waals surface area contributed by atoms with E-state index in [1.165, 1.54) is 0 Å². The molecule has 1 fully saturated rings. The third-order valence-electron chi connectivity index (χ3n) is 3.89. The molecule has 22 heavy (non-hydrogen) atoms. The van der Waals surface area contributed by atoms with Crippen LogP contribution in [0.15, 0.2) is 12.4 Å². The number of carbonyl (C=O) groups is 1. The van der Waals surface area contributed by atoms with E-state index < -0.39 is 5.60 Å². The van der Waals surface area contributed by atoms with Crippen molar-refractivity contribution >= 4 is 5.91 Å². The summed E-state index contributed by atoms with van der Waals surface area (Å²) in [4.78, 5) is 16.3. The lowest BCUT2D eigenvalue weighted by Crippen LogP contribution is -2.54.